The molecular formula is C16H18OS. The molecule has 2 heteroatoms. The maximum atomic E-state index is 10.1. The number of thioether (sulfide) groups is 1. The summed E-state index contributed by atoms with van der Waals surface area (Å²) in [5, 5.41) is 10.1. The van der Waals surface area contributed by atoms with E-state index in [9.17, 15) is 5.11 Å². The van der Waals surface area contributed by atoms with E-state index in [4.69, 9.17) is 0 Å². The molecule has 0 aliphatic rings. The van der Waals surface area contributed by atoms with Gasteiger partial charge >= 0.3 is 0 Å². The zero-order valence-electron chi connectivity index (χ0n) is 10.8. The van der Waals surface area contributed by atoms with Gasteiger partial charge in [-0.15, -0.1) is 11.8 Å². The lowest BCUT2D eigenvalue weighted by Gasteiger charge is -2.11. The van der Waals surface area contributed by atoms with Gasteiger partial charge in [0.1, 0.15) is 0 Å². The molecule has 0 radical (unpaired) electrons. The van der Waals surface area contributed by atoms with E-state index in [0.29, 0.717) is 5.75 Å². The molecule has 1 atom stereocenters. The minimum Gasteiger partial charge on any atom is -0.388 e. The Morgan fingerprint density at radius 2 is 1.61 bits per heavy atom. The summed E-state index contributed by atoms with van der Waals surface area (Å²) in [7, 11) is 0. The van der Waals surface area contributed by atoms with Gasteiger partial charge in [-0.25, -0.2) is 0 Å². The van der Waals surface area contributed by atoms with E-state index >= 15 is 0 Å². The molecule has 0 saturated carbocycles. The summed E-state index contributed by atoms with van der Waals surface area (Å²) in [4.78, 5) is 1.22. The number of rotatable bonds is 4. The predicted molar refractivity (Wildman–Crippen MR) is 78.0 cm³/mol. The van der Waals surface area contributed by atoms with Gasteiger partial charge in [0.05, 0.1) is 6.10 Å². The smallest absolute Gasteiger partial charge is 0.0883 e. The van der Waals surface area contributed by atoms with E-state index < -0.39 is 6.10 Å². The van der Waals surface area contributed by atoms with Crippen molar-refractivity contribution in [3.8, 4) is 0 Å². The summed E-state index contributed by atoms with van der Waals surface area (Å²) in [5.74, 6) is 0.687. The van der Waals surface area contributed by atoms with Crippen LogP contribution in [-0.2, 0) is 0 Å². The van der Waals surface area contributed by atoms with Crippen LogP contribution in [0.15, 0.2) is 53.4 Å². The number of hydrogen-bond donors (Lipinski definition) is 1. The van der Waals surface area contributed by atoms with Gasteiger partial charge in [0.25, 0.3) is 0 Å². The fourth-order valence-corrected chi connectivity index (χ4v) is 3.04. The molecule has 2 aromatic rings. The molecule has 0 spiro atoms. The molecule has 0 aliphatic carbocycles. The summed E-state index contributed by atoms with van der Waals surface area (Å²) in [6.07, 6.45) is -0.406. The fraction of sp³-hybridized carbons (Fsp3) is 0.250. The Kier molecular flexibility index (Phi) is 4.45. The average Bonchev–Trinajstić information content (AvgIpc) is 2.36. The van der Waals surface area contributed by atoms with Crippen LogP contribution in [0.5, 0.6) is 0 Å². The summed E-state index contributed by atoms with van der Waals surface area (Å²) in [5.41, 5.74) is 3.52. The van der Waals surface area contributed by atoms with Crippen LogP contribution in [0.25, 0.3) is 0 Å². The minimum absolute atomic E-state index is 0.406. The third kappa shape index (κ3) is 3.62. The van der Waals surface area contributed by atoms with Crippen molar-refractivity contribution in [2.45, 2.75) is 24.8 Å². The van der Waals surface area contributed by atoms with Gasteiger partial charge in [-0.3, -0.25) is 0 Å². The van der Waals surface area contributed by atoms with Gasteiger partial charge in [-0.1, -0.05) is 36.4 Å². The van der Waals surface area contributed by atoms with Gasteiger partial charge in [0.15, 0.2) is 0 Å². The molecule has 0 heterocycles. The van der Waals surface area contributed by atoms with Gasteiger partial charge in [0, 0.05) is 10.6 Å². The lowest BCUT2D eigenvalue weighted by Crippen LogP contribution is -2.00. The molecular weight excluding hydrogens is 240 g/mol. The highest BCUT2D eigenvalue weighted by atomic mass is 32.2. The lowest BCUT2D eigenvalue weighted by molar-refractivity contribution is 0.204. The monoisotopic (exact) mass is 258 g/mol. The third-order valence-electron chi connectivity index (χ3n) is 2.79. The zero-order chi connectivity index (χ0) is 13.0. The van der Waals surface area contributed by atoms with E-state index in [1.807, 2.05) is 30.3 Å². The summed E-state index contributed by atoms with van der Waals surface area (Å²) >= 11 is 1.70. The van der Waals surface area contributed by atoms with Gasteiger partial charge in [-0.05, 0) is 42.7 Å². The highest BCUT2D eigenvalue weighted by molar-refractivity contribution is 7.99. The molecule has 0 fully saturated rings. The normalized spacial score (nSPS) is 12.4. The first-order valence-corrected chi connectivity index (χ1v) is 7.08. The molecule has 0 aliphatic heterocycles. The second kappa shape index (κ2) is 6.07. The standard InChI is InChI=1S/C16H18OS/c1-12-8-13(2)10-15(9-12)18-11-16(17)14-6-4-3-5-7-14/h3-10,16-17H,11H2,1-2H3/t16-/m0/s1. The molecule has 1 nitrogen and oxygen atoms in total. The van der Waals surface area contributed by atoms with Crippen LogP contribution in [0.1, 0.15) is 22.8 Å². The second-order valence-corrected chi connectivity index (χ2v) is 5.65. The number of aliphatic hydroxyl groups excluding tert-OH is 1. The lowest BCUT2D eigenvalue weighted by atomic mass is 10.1. The van der Waals surface area contributed by atoms with E-state index in [2.05, 4.69) is 32.0 Å². The Balaban J connectivity index is 1.99. The Labute approximate surface area is 113 Å². The highest BCUT2D eigenvalue weighted by Gasteiger charge is 2.07. The fourth-order valence-electron chi connectivity index (χ4n) is 1.96. The van der Waals surface area contributed by atoms with E-state index in [1.54, 1.807) is 11.8 Å². The average molecular weight is 258 g/mol. The van der Waals surface area contributed by atoms with Crippen LogP contribution in [-0.4, -0.2) is 10.9 Å². The molecule has 0 unspecified atom stereocenters. The van der Waals surface area contributed by atoms with Crippen LogP contribution in [0.3, 0.4) is 0 Å². The van der Waals surface area contributed by atoms with Gasteiger partial charge in [0.2, 0.25) is 0 Å². The van der Waals surface area contributed by atoms with Crippen molar-refractivity contribution < 1.29 is 5.11 Å². The number of benzene rings is 2. The Morgan fingerprint density at radius 3 is 2.22 bits per heavy atom. The molecule has 1 N–H and O–H groups in total. The third-order valence-corrected chi connectivity index (χ3v) is 3.84. The molecule has 2 rings (SSSR count). The topological polar surface area (TPSA) is 20.2 Å². The second-order valence-electron chi connectivity index (χ2n) is 4.56. The van der Waals surface area contributed by atoms with Crippen LogP contribution in [0.2, 0.25) is 0 Å². The van der Waals surface area contributed by atoms with Crippen molar-refractivity contribution in [1.82, 2.24) is 0 Å². The number of aliphatic hydroxyl groups is 1. The first-order chi connectivity index (χ1) is 8.65. The minimum atomic E-state index is -0.406. The van der Waals surface area contributed by atoms with E-state index in [-0.39, 0.29) is 0 Å². The first-order valence-electron chi connectivity index (χ1n) is 6.09. The molecule has 18 heavy (non-hydrogen) atoms. The van der Waals surface area contributed by atoms with Crippen molar-refractivity contribution in [1.29, 1.82) is 0 Å². The Hall–Kier alpha value is -1.25. The van der Waals surface area contributed by atoms with Gasteiger partial charge in [-0.2, -0.15) is 0 Å². The summed E-state index contributed by atoms with van der Waals surface area (Å²) in [6.45, 7) is 4.20. The van der Waals surface area contributed by atoms with Crippen LogP contribution in [0.4, 0.5) is 0 Å². The molecule has 0 saturated heterocycles. The van der Waals surface area contributed by atoms with Crippen LogP contribution < -0.4 is 0 Å². The van der Waals surface area contributed by atoms with E-state index in [0.717, 1.165) is 5.56 Å². The van der Waals surface area contributed by atoms with Crippen molar-refractivity contribution >= 4 is 11.8 Å². The van der Waals surface area contributed by atoms with Crippen molar-refractivity contribution in [2.75, 3.05) is 5.75 Å². The van der Waals surface area contributed by atoms with Crippen LogP contribution in [0, 0.1) is 13.8 Å². The first kappa shape index (κ1) is 13.2. The zero-order valence-corrected chi connectivity index (χ0v) is 11.6. The summed E-state index contributed by atoms with van der Waals surface area (Å²) < 4.78 is 0. The van der Waals surface area contributed by atoms with Crippen molar-refractivity contribution in [3.63, 3.8) is 0 Å². The molecule has 0 amide bonds. The van der Waals surface area contributed by atoms with E-state index in [1.165, 1.54) is 16.0 Å². The highest BCUT2D eigenvalue weighted by Crippen LogP contribution is 2.26. The molecule has 94 valence electrons. The van der Waals surface area contributed by atoms with Crippen molar-refractivity contribution in [2.24, 2.45) is 0 Å². The Morgan fingerprint density at radius 1 is 1.00 bits per heavy atom. The summed E-state index contributed by atoms with van der Waals surface area (Å²) in [6, 6.07) is 16.3. The van der Waals surface area contributed by atoms with Gasteiger partial charge < -0.3 is 5.11 Å². The quantitative estimate of drug-likeness (QED) is 0.832. The number of hydrogen-bond acceptors (Lipinski definition) is 2. The molecule has 0 aromatic heterocycles. The molecule has 0 bridgehead atoms. The van der Waals surface area contributed by atoms with Crippen molar-refractivity contribution in [3.05, 3.63) is 65.2 Å². The molecule has 2 aromatic carbocycles. The Bertz CT molecular complexity index is 488. The largest absolute Gasteiger partial charge is 0.388 e. The number of aryl methyl sites for hydroxylation is 2. The predicted octanol–water partition coefficient (Wildman–Crippen LogP) is 4.13. The maximum absolute atomic E-state index is 10.1. The SMILES string of the molecule is Cc1cc(C)cc(SC[C@H](O)c2ccccc2)c1. The van der Waals surface area contributed by atoms with Crippen LogP contribution >= 0.6 is 11.8 Å². The maximum Gasteiger partial charge on any atom is 0.0883 e.